The number of nitrogens with two attached hydrogens (primary N) is 2. The molecule has 0 aromatic heterocycles. The maximum absolute atomic E-state index is 10.8. The Morgan fingerprint density at radius 3 is 1.74 bits per heavy atom. The molecule has 0 aromatic carbocycles. The lowest BCUT2D eigenvalue weighted by molar-refractivity contribution is -0.138. The number of rotatable bonds is 16. The summed E-state index contributed by atoms with van der Waals surface area (Å²) in [4.78, 5) is 12.6. The third kappa shape index (κ3) is 19.6. The standard InChI is InChI=1S/C17H37N3O2.ClH/c1-2-3-4-5-6-7-8-9-10-11-12-13-20(14-16(18)19)15-17(21)22;/h16H,2-15,18-19H2,1H3,(H,21,22);1H. The molecule has 0 saturated heterocycles. The molecule has 5 nitrogen and oxygen atoms in total. The average molecular weight is 352 g/mol. The Morgan fingerprint density at radius 2 is 1.35 bits per heavy atom. The van der Waals surface area contributed by atoms with Crippen molar-refractivity contribution in [2.45, 2.75) is 83.7 Å². The highest BCUT2D eigenvalue weighted by Gasteiger charge is 2.11. The molecule has 0 radical (unpaired) electrons. The smallest absolute Gasteiger partial charge is 0.317 e. The average Bonchev–Trinajstić information content (AvgIpc) is 2.43. The Bertz CT molecular complexity index is 266. The number of halogens is 1. The molecule has 0 fully saturated rings. The topological polar surface area (TPSA) is 92.6 Å². The minimum absolute atomic E-state index is 0. The Morgan fingerprint density at radius 1 is 0.913 bits per heavy atom. The van der Waals surface area contributed by atoms with Crippen molar-refractivity contribution in [2.24, 2.45) is 11.5 Å². The molecule has 0 aliphatic heterocycles. The molecule has 0 heterocycles. The van der Waals surface area contributed by atoms with E-state index < -0.39 is 12.1 Å². The van der Waals surface area contributed by atoms with E-state index >= 15 is 0 Å². The summed E-state index contributed by atoms with van der Waals surface area (Å²) < 4.78 is 0. The summed E-state index contributed by atoms with van der Waals surface area (Å²) in [6, 6.07) is 0. The van der Waals surface area contributed by atoms with E-state index in [-0.39, 0.29) is 19.0 Å². The van der Waals surface area contributed by atoms with E-state index in [0.717, 1.165) is 19.4 Å². The molecule has 0 unspecified atom stereocenters. The van der Waals surface area contributed by atoms with Crippen molar-refractivity contribution < 1.29 is 9.90 Å². The van der Waals surface area contributed by atoms with Crippen LogP contribution in [0.4, 0.5) is 0 Å². The lowest BCUT2D eigenvalue weighted by Crippen LogP contribution is -2.45. The fourth-order valence-electron chi connectivity index (χ4n) is 2.72. The highest BCUT2D eigenvalue weighted by Crippen LogP contribution is 2.11. The summed E-state index contributed by atoms with van der Waals surface area (Å²) in [5, 5.41) is 8.85. The van der Waals surface area contributed by atoms with Crippen molar-refractivity contribution in [2.75, 3.05) is 19.6 Å². The van der Waals surface area contributed by atoms with Crippen LogP contribution in [0.1, 0.15) is 77.6 Å². The van der Waals surface area contributed by atoms with Crippen LogP contribution in [0.3, 0.4) is 0 Å². The van der Waals surface area contributed by atoms with Crippen molar-refractivity contribution in [1.82, 2.24) is 4.90 Å². The summed E-state index contributed by atoms with van der Waals surface area (Å²) in [6.07, 6.45) is 13.8. The lowest BCUT2D eigenvalue weighted by Gasteiger charge is -2.21. The second-order valence-electron chi connectivity index (χ2n) is 6.33. The first-order valence-electron chi connectivity index (χ1n) is 9.01. The number of aliphatic carboxylic acids is 1. The van der Waals surface area contributed by atoms with Crippen molar-refractivity contribution in [1.29, 1.82) is 0 Å². The highest BCUT2D eigenvalue weighted by atomic mass is 35.5. The van der Waals surface area contributed by atoms with Crippen LogP contribution in [0, 0.1) is 0 Å². The molecule has 0 amide bonds. The van der Waals surface area contributed by atoms with Gasteiger partial charge in [-0.1, -0.05) is 71.1 Å². The van der Waals surface area contributed by atoms with Crippen LogP contribution in [-0.4, -0.2) is 41.8 Å². The Balaban J connectivity index is 0. The number of hydrogen-bond acceptors (Lipinski definition) is 4. The summed E-state index contributed by atoms with van der Waals surface area (Å²) >= 11 is 0. The molecule has 5 N–H and O–H groups in total. The van der Waals surface area contributed by atoms with Crippen LogP contribution >= 0.6 is 12.4 Å². The van der Waals surface area contributed by atoms with Crippen LogP contribution in [0.25, 0.3) is 0 Å². The van der Waals surface area contributed by atoms with E-state index in [0.29, 0.717) is 6.54 Å². The lowest BCUT2D eigenvalue weighted by atomic mass is 10.1. The summed E-state index contributed by atoms with van der Waals surface area (Å²) in [6.45, 7) is 3.50. The summed E-state index contributed by atoms with van der Waals surface area (Å²) in [5.74, 6) is -0.816. The van der Waals surface area contributed by atoms with E-state index in [1.54, 1.807) is 0 Å². The molecule has 0 saturated carbocycles. The van der Waals surface area contributed by atoms with Crippen molar-refractivity contribution in [3.63, 3.8) is 0 Å². The highest BCUT2D eigenvalue weighted by molar-refractivity contribution is 5.85. The second-order valence-corrected chi connectivity index (χ2v) is 6.33. The van der Waals surface area contributed by atoms with Gasteiger partial charge in [-0.15, -0.1) is 12.4 Å². The van der Waals surface area contributed by atoms with E-state index in [1.165, 1.54) is 57.8 Å². The molecular formula is C17H38ClN3O2. The number of unbranched alkanes of at least 4 members (excludes halogenated alkanes) is 10. The zero-order chi connectivity index (χ0) is 16.6. The van der Waals surface area contributed by atoms with Crippen LogP contribution in [0.5, 0.6) is 0 Å². The molecule has 6 heteroatoms. The normalized spacial score (nSPS) is 11.0. The molecule has 23 heavy (non-hydrogen) atoms. The van der Waals surface area contributed by atoms with Gasteiger partial charge < -0.3 is 16.6 Å². The van der Waals surface area contributed by atoms with E-state index in [2.05, 4.69) is 6.92 Å². The largest absolute Gasteiger partial charge is 0.480 e. The Labute approximate surface area is 148 Å². The van der Waals surface area contributed by atoms with Crippen molar-refractivity contribution in [3.05, 3.63) is 0 Å². The van der Waals surface area contributed by atoms with Crippen LogP contribution in [-0.2, 0) is 4.79 Å². The molecule has 0 rings (SSSR count). The maximum Gasteiger partial charge on any atom is 0.317 e. The fourth-order valence-corrected chi connectivity index (χ4v) is 2.72. The van der Waals surface area contributed by atoms with Gasteiger partial charge in [-0.05, 0) is 13.0 Å². The predicted molar refractivity (Wildman–Crippen MR) is 99.9 cm³/mol. The van der Waals surface area contributed by atoms with Gasteiger partial charge in [0.2, 0.25) is 0 Å². The van der Waals surface area contributed by atoms with Gasteiger partial charge in [-0.3, -0.25) is 9.69 Å². The van der Waals surface area contributed by atoms with Gasteiger partial charge in [0.1, 0.15) is 0 Å². The first-order valence-corrected chi connectivity index (χ1v) is 9.01. The predicted octanol–water partition coefficient (Wildman–Crippen LogP) is 3.35. The second kappa shape index (κ2) is 18.0. The summed E-state index contributed by atoms with van der Waals surface area (Å²) in [7, 11) is 0. The zero-order valence-corrected chi connectivity index (χ0v) is 15.7. The third-order valence-corrected chi connectivity index (χ3v) is 3.91. The van der Waals surface area contributed by atoms with Crippen LogP contribution in [0.2, 0.25) is 0 Å². The first-order chi connectivity index (χ1) is 10.6. The number of hydrogen-bond donors (Lipinski definition) is 3. The minimum atomic E-state index is -0.816. The molecular weight excluding hydrogens is 314 g/mol. The van der Waals surface area contributed by atoms with Gasteiger partial charge in [0.25, 0.3) is 0 Å². The molecule has 0 aliphatic carbocycles. The van der Waals surface area contributed by atoms with Gasteiger partial charge in [-0.25, -0.2) is 0 Å². The zero-order valence-electron chi connectivity index (χ0n) is 14.8. The van der Waals surface area contributed by atoms with Crippen molar-refractivity contribution >= 4 is 18.4 Å². The monoisotopic (exact) mass is 351 g/mol. The molecule has 0 aliphatic rings. The molecule has 0 aromatic rings. The van der Waals surface area contributed by atoms with Gasteiger partial charge >= 0.3 is 5.97 Å². The molecule has 140 valence electrons. The molecule has 0 spiro atoms. The maximum atomic E-state index is 10.8. The Kier molecular flexibility index (Phi) is 19.5. The number of nitrogens with zero attached hydrogens (tertiary/aromatic N) is 1. The van der Waals surface area contributed by atoms with Crippen LogP contribution in [0.15, 0.2) is 0 Å². The number of carboxylic acid groups (broad SMARTS) is 1. The minimum Gasteiger partial charge on any atom is -0.480 e. The van der Waals surface area contributed by atoms with Gasteiger partial charge in [0, 0.05) is 6.54 Å². The van der Waals surface area contributed by atoms with E-state index in [9.17, 15) is 4.79 Å². The van der Waals surface area contributed by atoms with Crippen LogP contribution < -0.4 is 11.5 Å². The van der Waals surface area contributed by atoms with Gasteiger partial charge in [0.05, 0.1) is 12.7 Å². The number of carboxylic acids is 1. The fraction of sp³-hybridized carbons (Fsp3) is 0.941. The van der Waals surface area contributed by atoms with Gasteiger partial charge in [-0.2, -0.15) is 0 Å². The van der Waals surface area contributed by atoms with Gasteiger partial charge in [0.15, 0.2) is 0 Å². The van der Waals surface area contributed by atoms with E-state index in [1.807, 2.05) is 4.90 Å². The van der Waals surface area contributed by atoms with E-state index in [4.69, 9.17) is 16.6 Å². The van der Waals surface area contributed by atoms with Crippen molar-refractivity contribution in [3.8, 4) is 0 Å². The quantitative estimate of drug-likeness (QED) is 0.293. The molecule has 0 atom stereocenters. The third-order valence-electron chi connectivity index (χ3n) is 3.91. The first kappa shape index (κ1) is 24.9. The molecule has 0 bridgehead atoms. The SMILES string of the molecule is CCCCCCCCCCCCCN(CC(=O)O)CC(N)N.Cl. The number of carbonyl (C=O) groups is 1. The Hall–Kier alpha value is -0.360. The summed E-state index contributed by atoms with van der Waals surface area (Å²) in [5.41, 5.74) is 11.1.